The Bertz CT molecular complexity index is 613. The summed E-state index contributed by atoms with van der Waals surface area (Å²) in [6.07, 6.45) is 0. The zero-order chi connectivity index (χ0) is 14.7. The van der Waals surface area contributed by atoms with Crippen LogP contribution in [-0.4, -0.2) is 6.61 Å². The molecule has 4 heteroatoms. The maximum atomic E-state index is 13.4. The van der Waals surface area contributed by atoms with Crippen LogP contribution in [0.4, 0.5) is 8.78 Å². The SMILES string of the molecule is Cc1ccc(C(N)COc2cccc(F)c2F)cc1C. The van der Waals surface area contributed by atoms with Gasteiger partial charge in [-0.05, 0) is 42.7 Å². The van der Waals surface area contributed by atoms with E-state index in [1.54, 1.807) is 0 Å². The van der Waals surface area contributed by atoms with Gasteiger partial charge in [0.2, 0.25) is 5.82 Å². The summed E-state index contributed by atoms with van der Waals surface area (Å²) < 4.78 is 31.7. The molecule has 0 aliphatic carbocycles. The standard InChI is InChI=1S/C16H17F2NO/c1-10-6-7-12(8-11(10)2)14(19)9-20-15-5-3-4-13(17)16(15)18/h3-8,14H,9,19H2,1-2H3. The monoisotopic (exact) mass is 277 g/mol. The van der Waals surface area contributed by atoms with Crippen molar-refractivity contribution in [2.45, 2.75) is 19.9 Å². The van der Waals surface area contributed by atoms with Crippen molar-refractivity contribution >= 4 is 0 Å². The number of nitrogens with two attached hydrogens (primary N) is 1. The molecule has 0 aliphatic rings. The van der Waals surface area contributed by atoms with Crippen LogP contribution in [0.2, 0.25) is 0 Å². The Hall–Kier alpha value is -1.94. The lowest BCUT2D eigenvalue weighted by Gasteiger charge is -2.15. The molecule has 1 atom stereocenters. The van der Waals surface area contributed by atoms with Crippen LogP contribution in [0.15, 0.2) is 36.4 Å². The Labute approximate surface area is 117 Å². The summed E-state index contributed by atoms with van der Waals surface area (Å²) in [5.41, 5.74) is 9.23. The lowest BCUT2D eigenvalue weighted by Crippen LogP contribution is -2.19. The van der Waals surface area contributed by atoms with E-state index in [1.165, 1.54) is 17.7 Å². The molecule has 106 valence electrons. The maximum absolute atomic E-state index is 13.4. The first kappa shape index (κ1) is 14.5. The number of hydrogen-bond donors (Lipinski definition) is 1. The first-order valence-electron chi connectivity index (χ1n) is 6.38. The third-order valence-corrected chi connectivity index (χ3v) is 3.29. The second-order valence-electron chi connectivity index (χ2n) is 4.81. The van der Waals surface area contributed by atoms with Gasteiger partial charge in [0.05, 0.1) is 6.04 Å². The second-order valence-corrected chi connectivity index (χ2v) is 4.81. The topological polar surface area (TPSA) is 35.2 Å². The molecule has 0 fully saturated rings. The molecule has 2 aromatic rings. The predicted molar refractivity (Wildman–Crippen MR) is 74.7 cm³/mol. The fourth-order valence-corrected chi connectivity index (χ4v) is 1.87. The van der Waals surface area contributed by atoms with E-state index >= 15 is 0 Å². The Morgan fingerprint density at radius 2 is 1.85 bits per heavy atom. The van der Waals surface area contributed by atoms with Gasteiger partial charge in [-0.25, -0.2) is 4.39 Å². The van der Waals surface area contributed by atoms with Gasteiger partial charge in [0, 0.05) is 0 Å². The molecule has 0 aliphatic heterocycles. The molecule has 20 heavy (non-hydrogen) atoms. The highest BCUT2D eigenvalue weighted by molar-refractivity contribution is 5.32. The molecule has 2 rings (SSSR count). The summed E-state index contributed by atoms with van der Waals surface area (Å²) in [6.45, 7) is 4.10. The molecule has 2 N–H and O–H groups in total. The van der Waals surface area contributed by atoms with E-state index in [0.717, 1.165) is 17.2 Å². The van der Waals surface area contributed by atoms with Crippen molar-refractivity contribution in [3.05, 3.63) is 64.7 Å². The summed E-state index contributed by atoms with van der Waals surface area (Å²) in [5.74, 6) is -2.04. The number of halogens is 2. The first-order valence-corrected chi connectivity index (χ1v) is 6.38. The van der Waals surface area contributed by atoms with Gasteiger partial charge < -0.3 is 10.5 Å². The van der Waals surface area contributed by atoms with Crippen LogP contribution in [0.1, 0.15) is 22.7 Å². The fraction of sp³-hybridized carbons (Fsp3) is 0.250. The van der Waals surface area contributed by atoms with Crippen molar-refractivity contribution in [3.63, 3.8) is 0 Å². The Kier molecular flexibility index (Phi) is 4.35. The molecular weight excluding hydrogens is 260 g/mol. The Balaban J connectivity index is 2.06. The molecule has 1 unspecified atom stereocenters. The first-order chi connectivity index (χ1) is 9.49. The minimum Gasteiger partial charge on any atom is -0.488 e. The van der Waals surface area contributed by atoms with E-state index in [9.17, 15) is 8.78 Å². The largest absolute Gasteiger partial charge is 0.488 e. The molecule has 0 saturated heterocycles. The van der Waals surface area contributed by atoms with E-state index < -0.39 is 17.7 Å². The number of benzene rings is 2. The highest BCUT2D eigenvalue weighted by Gasteiger charge is 2.12. The van der Waals surface area contributed by atoms with Crippen LogP contribution < -0.4 is 10.5 Å². The van der Waals surface area contributed by atoms with E-state index in [2.05, 4.69) is 0 Å². The van der Waals surface area contributed by atoms with Gasteiger partial charge in [-0.15, -0.1) is 0 Å². The van der Waals surface area contributed by atoms with Gasteiger partial charge in [-0.1, -0.05) is 24.3 Å². The van der Waals surface area contributed by atoms with E-state index in [-0.39, 0.29) is 12.4 Å². The normalized spacial score (nSPS) is 12.2. The average Bonchev–Trinajstić information content (AvgIpc) is 2.43. The zero-order valence-electron chi connectivity index (χ0n) is 11.5. The lowest BCUT2D eigenvalue weighted by molar-refractivity contribution is 0.272. The minimum absolute atomic E-state index is 0.0862. The van der Waals surface area contributed by atoms with Gasteiger partial charge in [-0.2, -0.15) is 4.39 Å². The molecule has 0 saturated carbocycles. The van der Waals surface area contributed by atoms with E-state index in [0.29, 0.717) is 0 Å². The van der Waals surface area contributed by atoms with E-state index in [1.807, 2.05) is 32.0 Å². The van der Waals surface area contributed by atoms with Crippen LogP contribution >= 0.6 is 0 Å². The van der Waals surface area contributed by atoms with Crippen LogP contribution in [0.5, 0.6) is 5.75 Å². The summed E-state index contributed by atoms with van der Waals surface area (Å²) >= 11 is 0. The predicted octanol–water partition coefficient (Wildman–Crippen LogP) is 3.66. The molecular formula is C16H17F2NO. The quantitative estimate of drug-likeness (QED) is 0.925. The summed E-state index contributed by atoms with van der Waals surface area (Å²) in [6, 6.07) is 9.31. The Morgan fingerprint density at radius 1 is 1.10 bits per heavy atom. The van der Waals surface area contributed by atoms with Crippen LogP contribution in [0, 0.1) is 25.5 Å². The van der Waals surface area contributed by atoms with Gasteiger partial charge in [0.15, 0.2) is 11.6 Å². The second kappa shape index (κ2) is 6.01. The fourth-order valence-electron chi connectivity index (χ4n) is 1.87. The Morgan fingerprint density at radius 3 is 2.55 bits per heavy atom. The summed E-state index contributed by atoms with van der Waals surface area (Å²) in [5, 5.41) is 0. The van der Waals surface area contributed by atoms with Crippen LogP contribution in [0.25, 0.3) is 0 Å². The van der Waals surface area contributed by atoms with Gasteiger partial charge in [0.1, 0.15) is 6.61 Å². The smallest absolute Gasteiger partial charge is 0.200 e. The number of aryl methyl sites for hydroxylation is 2. The third-order valence-electron chi connectivity index (χ3n) is 3.29. The average molecular weight is 277 g/mol. The molecule has 2 nitrogen and oxygen atoms in total. The van der Waals surface area contributed by atoms with Crippen molar-refractivity contribution in [1.82, 2.24) is 0 Å². The highest BCUT2D eigenvalue weighted by atomic mass is 19.2. The number of rotatable bonds is 4. The highest BCUT2D eigenvalue weighted by Crippen LogP contribution is 2.21. The van der Waals surface area contributed by atoms with E-state index in [4.69, 9.17) is 10.5 Å². The van der Waals surface area contributed by atoms with Crippen LogP contribution in [-0.2, 0) is 0 Å². The van der Waals surface area contributed by atoms with Crippen molar-refractivity contribution in [2.75, 3.05) is 6.61 Å². The minimum atomic E-state index is -0.986. The summed E-state index contributed by atoms with van der Waals surface area (Å²) in [7, 11) is 0. The van der Waals surface area contributed by atoms with Crippen molar-refractivity contribution < 1.29 is 13.5 Å². The van der Waals surface area contributed by atoms with Crippen molar-refractivity contribution in [3.8, 4) is 5.75 Å². The molecule has 0 bridgehead atoms. The van der Waals surface area contributed by atoms with Gasteiger partial charge >= 0.3 is 0 Å². The van der Waals surface area contributed by atoms with Crippen molar-refractivity contribution in [2.24, 2.45) is 5.73 Å². The van der Waals surface area contributed by atoms with Gasteiger partial charge in [-0.3, -0.25) is 0 Å². The number of ether oxygens (including phenoxy) is 1. The third kappa shape index (κ3) is 3.14. The molecule has 0 heterocycles. The summed E-state index contributed by atoms with van der Waals surface area (Å²) in [4.78, 5) is 0. The zero-order valence-corrected chi connectivity index (χ0v) is 11.5. The van der Waals surface area contributed by atoms with Crippen molar-refractivity contribution in [1.29, 1.82) is 0 Å². The molecule has 0 aromatic heterocycles. The molecule has 0 radical (unpaired) electrons. The molecule has 2 aromatic carbocycles. The lowest BCUT2D eigenvalue weighted by atomic mass is 10.0. The number of hydrogen-bond acceptors (Lipinski definition) is 2. The molecule has 0 spiro atoms. The van der Waals surface area contributed by atoms with Crippen LogP contribution in [0.3, 0.4) is 0 Å². The van der Waals surface area contributed by atoms with Gasteiger partial charge in [0.25, 0.3) is 0 Å². The maximum Gasteiger partial charge on any atom is 0.200 e. The molecule has 0 amide bonds.